The standard InChI is InChI=1S/C20H21N3O4/c1-10(2)8-23-17-16(18(24)22-20(23)26)14(12-6-4-11(3)5-7-12)15-13(21-17)9-27-19(15)25/h4-7,10,14,21H,8-9H2,1-3H3,(H,22,24,26)/t14-/m1/s1. The molecule has 4 rings (SSSR count). The van der Waals surface area contributed by atoms with Gasteiger partial charge in [-0.25, -0.2) is 9.59 Å². The number of aryl methyl sites for hydroxylation is 1. The molecule has 0 bridgehead atoms. The molecule has 2 aliphatic heterocycles. The minimum Gasteiger partial charge on any atom is -0.456 e. The normalized spacial score (nSPS) is 18.2. The van der Waals surface area contributed by atoms with Crippen molar-refractivity contribution < 1.29 is 9.53 Å². The number of ether oxygens (including phenoxy) is 1. The highest BCUT2D eigenvalue weighted by molar-refractivity contribution is 5.96. The van der Waals surface area contributed by atoms with Crippen molar-refractivity contribution in [2.45, 2.75) is 33.2 Å². The Balaban J connectivity index is 2.01. The van der Waals surface area contributed by atoms with E-state index in [4.69, 9.17) is 4.74 Å². The molecule has 0 aliphatic carbocycles. The molecule has 0 spiro atoms. The number of hydrogen-bond donors (Lipinski definition) is 2. The molecule has 1 aromatic carbocycles. The summed E-state index contributed by atoms with van der Waals surface area (Å²) in [5.74, 6) is -0.362. The van der Waals surface area contributed by atoms with Gasteiger partial charge < -0.3 is 10.1 Å². The first-order chi connectivity index (χ1) is 12.9. The maximum Gasteiger partial charge on any atom is 0.337 e. The van der Waals surface area contributed by atoms with Gasteiger partial charge in [-0.05, 0) is 18.4 Å². The second-order valence-corrected chi connectivity index (χ2v) is 7.46. The van der Waals surface area contributed by atoms with Gasteiger partial charge in [0.1, 0.15) is 12.4 Å². The van der Waals surface area contributed by atoms with Gasteiger partial charge in [-0.3, -0.25) is 14.3 Å². The summed E-state index contributed by atoms with van der Waals surface area (Å²) < 4.78 is 6.76. The van der Waals surface area contributed by atoms with E-state index in [-0.39, 0.29) is 12.5 Å². The molecule has 27 heavy (non-hydrogen) atoms. The molecule has 140 valence electrons. The third kappa shape index (κ3) is 2.79. The highest BCUT2D eigenvalue weighted by Crippen LogP contribution is 2.42. The van der Waals surface area contributed by atoms with Crippen LogP contribution in [0.25, 0.3) is 0 Å². The first-order valence-electron chi connectivity index (χ1n) is 8.97. The van der Waals surface area contributed by atoms with E-state index in [1.165, 1.54) is 4.57 Å². The van der Waals surface area contributed by atoms with Crippen LogP contribution in [0.4, 0.5) is 5.82 Å². The van der Waals surface area contributed by atoms with Crippen molar-refractivity contribution in [1.82, 2.24) is 9.55 Å². The van der Waals surface area contributed by atoms with Crippen molar-refractivity contribution in [3.63, 3.8) is 0 Å². The van der Waals surface area contributed by atoms with E-state index in [0.717, 1.165) is 11.1 Å². The molecule has 2 aromatic rings. The van der Waals surface area contributed by atoms with Crippen LogP contribution in [0.3, 0.4) is 0 Å². The third-order valence-corrected chi connectivity index (χ3v) is 4.93. The fourth-order valence-corrected chi connectivity index (χ4v) is 3.72. The average Bonchev–Trinajstić information content (AvgIpc) is 2.98. The van der Waals surface area contributed by atoms with Crippen LogP contribution in [0.1, 0.15) is 36.5 Å². The summed E-state index contributed by atoms with van der Waals surface area (Å²) in [5.41, 5.74) is 2.37. The third-order valence-electron chi connectivity index (χ3n) is 4.93. The predicted octanol–water partition coefficient (Wildman–Crippen LogP) is 1.87. The molecule has 0 radical (unpaired) electrons. The lowest BCUT2D eigenvalue weighted by Crippen LogP contribution is -2.39. The molecule has 1 aromatic heterocycles. The summed E-state index contributed by atoms with van der Waals surface area (Å²) in [5, 5.41) is 3.13. The Hall–Kier alpha value is -3.09. The number of hydrogen-bond acceptors (Lipinski definition) is 5. The number of benzene rings is 1. The van der Waals surface area contributed by atoms with E-state index >= 15 is 0 Å². The summed E-state index contributed by atoms with van der Waals surface area (Å²) in [6.07, 6.45) is 0. The van der Waals surface area contributed by atoms with Gasteiger partial charge in [0.05, 0.1) is 22.8 Å². The lowest BCUT2D eigenvalue weighted by atomic mass is 9.82. The van der Waals surface area contributed by atoms with Crippen LogP contribution < -0.4 is 16.6 Å². The lowest BCUT2D eigenvalue weighted by Gasteiger charge is -2.28. The molecule has 0 unspecified atom stereocenters. The molecular formula is C20H21N3O4. The molecule has 2 aliphatic rings. The number of carbonyl (C=O) groups is 1. The maximum atomic E-state index is 12.8. The number of cyclic esters (lactones) is 1. The number of nitrogens with one attached hydrogen (secondary N) is 2. The van der Waals surface area contributed by atoms with Gasteiger partial charge in [0.2, 0.25) is 0 Å². The van der Waals surface area contributed by atoms with E-state index in [1.807, 2.05) is 45.0 Å². The number of aromatic amines is 1. The molecule has 1 atom stereocenters. The molecule has 7 heteroatoms. The number of H-pyrrole nitrogens is 1. The van der Waals surface area contributed by atoms with Gasteiger partial charge in [-0.2, -0.15) is 0 Å². The highest BCUT2D eigenvalue weighted by atomic mass is 16.5. The Morgan fingerprint density at radius 1 is 1.19 bits per heavy atom. The van der Waals surface area contributed by atoms with Crippen LogP contribution in [-0.2, 0) is 16.1 Å². The zero-order chi connectivity index (χ0) is 19.3. The second kappa shape index (κ2) is 6.26. The van der Waals surface area contributed by atoms with Crippen molar-refractivity contribution >= 4 is 11.8 Å². The minimum atomic E-state index is -0.574. The fourth-order valence-electron chi connectivity index (χ4n) is 3.72. The predicted molar refractivity (Wildman–Crippen MR) is 101 cm³/mol. The zero-order valence-corrected chi connectivity index (χ0v) is 15.5. The lowest BCUT2D eigenvalue weighted by molar-refractivity contribution is -0.136. The van der Waals surface area contributed by atoms with Gasteiger partial charge in [-0.15, -0.1) is 0 Å². The van der Waals surface area contributed by atoms with Crippen LogP contribution in [0, 0.1) is 12.8 Å². The van der Waals surface area contributed by atoms with Crippen LogP contribution >= 0.6 is 0 Å². The van der Waals surface area contributed by atoms with Gasteiger partial charge in [0.15, 0.2) is 0 Å². The fraction of sp³-hybridized carbons (Fsp3) is 0.350. The SMILES string of the molecule is Cc1ccc([C@@H]2C3=C(COC3=O)Nc3c2c(=O)[nH]c(=O)n3CC(C)C)cc1. The topological polar surface area (TPSA) is 93.2 Å². The van der Waals surface area contributed by atoms with Gasteiger partial charge in [-0.1, -0.05) is 43.7 Å². The first kappa shape index (κ1) is 17.3. The summed E-state index contributed by atoms with van der Waals surface area (Å²) in [7, 11) is 0. The average molecular weight is 367 g/mol. The highest BCUT2D eigenvalue weighted by Gasteiger charge is 2.41. The van der Waals surface area contributed by atoms with E-state index < -0.39 is 23.1 Å². The second-order valence-electron chi connectivity index (χ2n) is 7.46. The van der Waals surface area contributed by atoms with E-state index in [9.17, 15) is 14.4 Å². The Bertz CT molecular complexity index is 1070. The Labute approximate surface area is 155 Å². The zero-order valence-electron chi connectivity index (χ0n) is 15.5. The molecule has 0 saturated carbocycles. The van der Waals surface area contributed by atoms with E-state index in [2.05, 4.69) is 10.3 Å². The molecule has 0 saturated heterocycles. The molecule has 3 heterocycles. The van der Waals surface area contributed by atoms with Crippen LogP contribution in [0.15, 0.2) is 45.1 Å². The number of fused-ring (bicyclic) bond motifs is 1. The maximum absolute atomic E-state index is 12.8. The van der Waals surface area contributed by atoms with Crippen LogP contribution in [-0.4, -0.2) is 22.1 Å². The summed E-state index contributed by atoms with van der Waals surface area (Å²) >= 11 is 0. The minimum absolute atomic E-state index is 0.110. The van der Waals surface area contributed by atoms with E-state index in [1.54, 1.807) is 0 Å². The van der Waals surface area contributed by atoms with Crippen molar-refractivity contribution in [2.75, 3.05) is 11.9 Å². The smallest absolute Gasteiger partial charge is 0.337 e. The molecule has 0 fully saturated rings. The monoisotopic (exact) mass is 367 g/mol. The van der Waals surface area contributed by atoms with Gasteiger partial charge >= 0.3 is 11.7 Å². The van der Waals surface area contributed by atoms with Crippen LogP contribution in [0.5, 0.6) is 0 Å². The number of esters is 1. The first-order valence-corrected chi connectivity index (χ1v) is 8.97. The number of carbonyl (C=O) groups excluding carboxylic acids is 1. The molecule has 2 N–H and O–H groups in total. The van der Waals surface area contributed by atoms with E-state index in [0.29, 0.717) is 29.2 Å². The molecule has 7 nitrogen and oxygen atoms in total. The van der Waals surface area contributed by atoms with Gasteiger partial charge in [0.25, 0.3) is 5.56 Å². The van der Waals surface area contributed by atoms with Crippen molar-refractivity contribution in [3.05, 3.63) is 73.1 Å². The van der Waals surface area contributed by atoms with Crippen LogP contribution in [0.2, 0.25) is 0 Å². The molecular weight excluding hydrogens is 346 g/mol. The van der Waals surface area contributed by atoms with Gasteiger partial charge in [0, 0.05) is 6.54 Å². The summed E-state index contributed by atoms with van der Waals surface area (Å²) in [6, 6.07) is 7.69. The summed E-state index contributed by atoms with van der Waals surface area (Å²) in [4.78, 5) is 40.1. The summed E-state index contributed by atoms with van der Waals surface area (Å²) in [6.45, 7) is 6.53. The van der Waals surface area contributed by atoms with Crippen molar-refractivity contribution in [2.24, 2.45) is 5.92 Å². The Morgan fingerprint density at radius 2 is 1.89 bits per heavy atom. The number of rotatable bonds is 3. The van der Waals surface area contributed by atoms with Crippen molar-refractivity contribution in [1.29, 1.82) is 0 Å². The number of anilines is 1. The quantitative estimate of drug-likeness (QED) is 0.808. The van der Waals surface area contributed by atoms with Crippen molar-refractivity contribution in [3.8, 4) is 0 Å². The molecule has 0 amide bonds. The number of nitrogens with zero attached hydrogens (tertiary/aromatic N) is 1. The number of aromatic nitrogens is 2. The Kier molecular flexibility index (Phi) is 4.02. The Morgan fingerprint density at radius 3 is 2.56 bits per heavy atom. The largest absolute Gasteiger partial charge is 0.456 e.